The Morgan fingerprint density at radius 2 is 1.75 bits per heavy atom. The van der Waals surface area contributed by atoms with Crippen LogP contribution in [0.5, 0.6) is 0 Å². The number of para-hydroxylation sites is 1. The normalized spacial score (nSPS) is 13.9. The quantitative estimate of drug-likeness (QED) is 0.655. The van der Waals surface area contributed by atoms with E-state index in [1.807, 2.05) is 35.1 Å². The van der Waals surface area contributed by atoms with E-state index in [0.717, 1.165) is 24.5 Å². The van der Waals surface area contributed by atoms with Gasteiger partial charge in [-0.1, -0.05) is 18.2 Å². The van der Waals surface area contributed by atoms with Crippen LogP contribution in [0.15, 0.2) is 42.6 Å². The molecule has 104 valence electrons. The number of benzene rings is 1. The molecule has 0 bridgehead atoms. The summed E-state index contributed by atoms with van der Waals surface area (Å²) >= 11 is 0. The Hall–Kier alpha value is -1.46. The molecule has 0 amide bonds. The third-order valence-electron chi connectivity index (χ3n) is 3.01. The van der Waals surface area contributed by atoms with Crippen molar-refractivity contribution in [3.05, 3.63) is 54.2 Å². The Balaban J connectivity index is 0.00000147. The SMILES string of the molecule is Fc1cnc(N2[B]N(c3ccccc3)CC2)c(F)c1.[Ir]. The van der Waals surface area contributed by atoms with E-state index in [2.05, 4.69) is 4.98 Å². The number of aromatic nitrogens is 1. The summed E-state index contributed by atoms with van der Waals surface area (Å²) in [7, 11) is 1.79. The van der Waals surface area contributed by atoms with Crippen LogP contribution in [0.3, 0.4) is 0 Å². The monoisotopic (exact) mass is 451 g/mol. The molecule has 2 radical (unpaired) electrons. The first-order valence-electron chi connectivity index (χ1n) is 5.98. The van der Waals surface area contributed by atoms with Crippen LogP contribution in [0.2, 0.25) is 0 Å². The molecule has 20 heavy (non-hydrogen) atoms. The summed E-state index contributed by atoms with van der Waals surface area (Å²) in [6, 6.07) is 10.6. The predicted octanol–water partition coefficient (Wildman–Crippen LogP) is 2.22. The number of rotatable bonds is 2. The minimum Gasteiger partial charge on any atom is -0.397 e. The van der Waals surface area contributed by atoms with Crippen molar-refractivity contribution < 1.29 is 28.9 Å². The Kier molecular flexibility index (Phi) is 4.73. The molecule has 2 heterocycles. The van der Waals surface area contributed by atoms with Crippen LogP contribution < -0.4 is 9.62 Å². The maximum absolute atomic E-state index is 13.6. The van der Waals surface area contributed by atoms with E-state index in [0.29, 0.717) is 6.54 Å². The summed E-state index contributed by atoms with van der Waals surface area (Å²) in [6.07, 6.45) is 1.03. The van der Waals surface area contributed by atoms with E-state index in [1.165, 1.54) is 0 Å². The third-order valence-corrected chi connectivity index (χ3v) is 3.01. The predicted molar refractivity (Wildman–Crippen MR) is 71.0 cm³/mol. The van der Waals surface area contributed by atoms with E-state index in [1.54, 1.807) is 12.4 Å². The van der Waals surface area contributed by atoms with Crippen LogP contribution in [-0.4, -0.2) is 25.6 Å². The first-order chi connectivity index (χ1) is 9.24. The van der Waals surface area contributed by atoms with Crippen molar-refractivity contribution >= 4 is 19.1 Å². The van der Waals surface area contributed by atoms with Crippen molar-refractivity contribution in [2.24, 2.45) is 0 Å². The van der Waals surface area contributed by atoms with Crippen LogP contribution in [0.4, 0.5) is 20.3 Å². The van der Waals surface area contributed by atoms with Gasteiger partial charge in [0, 0.05) is 44.9 Å². The molecule has 0 saturated carbocycles. The van der Waals surface area contributed by atoms with Crippen molar-refractivity contribution in [3.8, 4) is 0 Å². The zero-order valence-electron chi connectivity index (χ0n) is 10.5. The van der Waals surface area contributed by atoms with Gasteiger partial charge < -0.3 is 9.62 Å². The maximum Gasteiger partial charge on any atom is 0.392 e. The van der Waals surface area contributed by atoms with Gasteiger partial charge >= 0.3 is 7.55 Å². The molecule has 1 aliphatic rings. The summed E-state index contributed by atoms with van der Waals surface area (Å²) in [5, 5.41) is 0. The summed E-state index contributed by atoms with van der Waals surface area (Å²) in [5.41, 5.74) is 1.03. The second-order valence-corrected chi connectivity index (χ2v) is 4.30. The molecule has 2 aromatic rings. The van der Waals surface area contributed by atoms with Gasteiger partial charge in [0.25, 0.3) is 0 Å². The number of hydrogen-bond acceptors (Lipinski definition) is 3. The first-order valence-corrected chi connectivity index (χ1v) is 5.98. The van der Waals surface area contributed by atoms with Gasteiger partial charge in [0.1, 0.15) is 5.82 Å². The summed E-state index contributed by atoms with van der Waals surface area (Å²) < 4.78 is 26.5. The number of pyridine rings is 1. The van der Waals surface area contributed by atoms with Gasteiger partial charge in [-0.15, -0.1) is 0 Å². The average Bonchev–Trinajstić information content (AvgIpc) is 2.89. The van der Waals surface area contributed by atoms with Crippen molar-refractivity contribution in [1.29, 1.82) is 0 Å². The number of nitrogens with zero attached hydrogens (tertiary/aromatic N) is 3. The molecule has 0 aliphatic carbocycles. The second kappa shape index (κ2) is 6.33. The topological polar surface area (TPSA) is 19.4 Å². The van der Waals surface area contributed by atoms with Gasteiger partial charge in [-0.2, -0.15) is 0 Å². The van der Waals surface area contributed by atoms with Crippen LogP contribution in [0, 0.1) is 11.6 Å². The number of hydrogen-bond donors (Lipinski definition) is 0. The molecular weight excluding hydrogens is 439 g/mol. The standard InChI is InChI=1S/C13H11BF2N3.Ir/c15-10-8-12(16)13(17-9-10)19-7-6-18(14-19)11-4-2-1-3-5-11;/h1-5,8-9H,6-7H2;. The van der Waals surface area contributed by atoms with Gasteiger partial charge in [0.15, 0.2) is 11.6 Å². The molecule has 1 fully saturated rings. The van der Waals surface area contributed by atoms with Crippen LogP contribution in [0.1, 0.15) is 0 Å². The van der Waals surface area contributed by atoms with Gasteiger partial charge in [0.2, 0.25) is 0 Å². The van der Waals surface area contributed by atoms with Crippen molar-refractivity contribution in [2.45, 2.75) is 0 Å². The zero-order chi connectivity index (χ0) is 13.2. The Morgan fingerprint density at radius 1 is 1.05 bits per heavy atom. The molecule has 3 nitrogen and oxygen atoms in total. The largest absolute Gasteiger partial charge is 0.397 e. The minimum absolute atomic E-state index is 0. The third kappa shape index (κ3) is 2.99. The molecule has 0 spiro atoms. The molecule has 0 unspecified atom stereocenters. The minimum atomic E-state index is -0.666. The molecule has 1 aliphatic heterocycles. The number of halogens is 2. The molecule has 0 atom stereocenters. The van der Waals surface area contributed by atoms with Gasteiger partial charge in [-0.3, -0.25) is 0 Å². The first kappa shape index (κ1) is 14.9. The summed E-state index contributed by atoms with van der Waals surface area (Å²) in [4.78, 5) is 7.49. The van der Waals surface area contributed by atoms with Crippen LogP contribution in [-0.2, 0) is 20.1 Å². The van der Waals surface area contributed by atoms with E-state index in [4.69, 9.17) is 0 Å². The van der Waals surface area contributed by atoms with Gasteiger partial charge in [-0.05, 0) is 12.1 Å². The second-order valence-electron chi connectivity index (χ2n) is 4.30. The van der Waals surface area contributed by atoms with E-state index in [9.17, 15) is 8.78 Å². The van der Waals surface area contributed by atoms with Crippen molar-refractivity contribution in [1.82, 2.24) is 4.98 Å². The van der Waals surface area contributed by atoms with Crippen molar-refractivity contribution in [2.75, 3.05) is 22.7 Å². The maximum atomic E-state index is 13.6. The molecule has 3 rings (SSSR count). The molecule has 7 heteroatoms. The fourth-order valence-electron chi connectivity index (χ4n) is 2.09. The van der Waals surface area contributed by atoms with Gasteiger partial charge in [0.05, 0.1) is 6.20 Å². The Bertz CT molecular complexity index is 585. The summed E-state index contributed by atoms with van der Waals surface area (Å²) in [5.74, 6) is -1.16. The van der Waals surface area contributed by atoms with E-state index in [-0.39, 0.29) is 25.9 Å². The van der Waals surface area contributed by atoms with Crippen molar-refractivity contribution in [3.63, 3.8) is 0 Å². The van der Waals surface area contributed by atoms with Crippen LogP contribution >= 0.6 is 0 Å². The average molecular weight is 450 g/mol. The smallest absolute Gasteiger partial charge is 0.392 e. The Morgan fingerprint density at radius 3 is 2.45 bits per heavy atom. The van der Waals surface area contributed by atoms with Crippen LogP contribution in [0.25, 0.3) is 0 Å². The van der Waals surface area contributed by atoms with E-state index < -0.39 is 11.6 Å². The molecular formula is C13H11BF2IrN3. The number of anilines is 2. The molecule has 0 N–H and O–H groups in total. The van der Waals surface area contributed by atoms with Gasteiger partial charge in [-0.25, -0.2) is 13.8 Å². The van der Waals surface area contributed by atoms with E-state index >= 15 is 0 Å². The molecule has 1 aromatic heterocycles. The fraction of sp³-hybridized carbons (Fsp3) is 0.154. The fourth-order valence-corrected chi connectivity index (χ4v) is 2.09. The molecule has 1 aromatic carbocycles. The zero-order valence-corrected chi connectivity index (χ0v) is 12.9. The Labute approximate surface area is 130 Å². The molecule has 1 saturated heterocycles. The summed E-state index contributed by atoms with van der Waals surface area (Å²) in [6.45, 7) is 1.35.